The number of rotatable bonds is 8. The summed E-state index contributed by atoms with van der Waals surface area (Å²) in [4.78, 5) is 0. The zero-order valence-electron chi connectivity index (χ0n) is 17.0. The summed E-state index contributed by atoms with van der Waals surface area (Å²) in [7, 11) is 0. The standard InChI is InChI=1S/C25H25N3O2/c1-2-30-23-15-9-12-20(25(23)29)16-26-17-21-18-28(22-13-7-4-8-14-22)27-24(21)19-10-5-3-6-11-19/h3-15,18,26,29H,2,16-17H2,1H3. The zero-order valence-corrected chi connectivity index (χ0v) is 17.0. The first-order chi connectivity index (χ1) is 14.8. The lowest BCUT2D eigenvalue weighted by Crippen LogP contribution is -2.13. The molecule has 30 heavy (non-hydrogen) atoms. The number of benzene rings is 3. The molecule has 0 bridgehead atoms. The van der Waals surface area contributed by atoms with Crippen molar-refractivity contribution < 1.29 is 9.84 Å². The summed E-state index contributed by atoms with van der Waals surface area (Å²) in [5.41, 5.74) is 4.93. The highest BCUT2D eigenvalue weighted by Crippen LogP contribution is 2.30. The van der Waals surface area contributed by atoms with Gasteiger partial charge in [-0.05, 0) is 25.1 Å². The van der Waals surface area contributed by atoms with Gasteiger partial charge in [-0.2, -0.15) is 5.10 Å². The van der Waals surface area contributed by atoms with Crippen LogP contribution in [0.15, 0.2) is 85.1 Å². The van der Waals surface area contributed by atoms with Crippen LogP contribution in [-0.4, -0.2) is 21.5 Å². The molecule has 2 N–H and O–H groups in total. The molecule has 0 aliphatic carbocycles. The van der Waals surface area contributed by atoms with Gasteiger partial charge >= 0.3 is 0 Å². The van der Waals surface area contributed by atoms with Crippen LogP contribution in [0.25, 0.3) is 16.9 Å². The number of nitrogens with zero attached hydrogens (tertiary/aromatic N) is 2. The summed E-state index contributed by atoms with van der Waals surface area (Å²) < 4.78 is 7.39. The summed E-state index contributed by atoms with van der Waals surface area (Å²) in [5, 5.41) is 18.7. The van der Waals surface area contributed by atoms with Crippen LogP contribution >= 0.6 is 0 Å². The Morgan fingerprint density at radius 2 is 1.57 bits per heavy atom. The van der Waals surface area contributed by atoms with Crippen molar-refractivity contribution >= 4 is 0 Å². The van der Waals surface area contributed by atoms with Gasteiger partial charge in [-0.25, -0.2) is 4.68 Å². The highest BCUT2D eigenvalue weighted by atomic mass is 16.5. The number of nitrogens with one attached hydrogen (secondary N) is 1. The van der Waals surface area contributed by atoms with E-state index in [1.807, 2.05) is 72.3 Å². The molecule has 5 heteroatoms. The Balaban J connectivity index is 1.56. The molecule has 1 aromatic heterocycles. The van der Waals surface area contributed by atoms with Gasteiger partial charge in [0.25, 0.3) is 0 Å². The summed E-state index contributed by atoms with van der Waals surface area (Å²) >= 11 is 0. The lowest BCUT2D eigenvalue weighted by molar-refractivity contribution is 0.316. The summed E-state index contributed by atoms with van der Waals surface area (Å²) in [6, 6.07) is 25.8. The Labute approximate surface area is 176 Å². The number of hydrogen-bond acceptors (Lipinski definition) is 4. The molecule has 4 rings (SSSR count). The average molecular weight is 399 g/mol. The van der Waals surface area contributed by atoms with Gasteiger partial charge in [-0.3, -0.25) is 0 Å². The van der Waals surface area contributed by atoms with Crippen LogP contribution < -0.4 is 10.1 Å². The van der Waals surface area contributed by atoms with Gasteiger partial charge < -0.3 is 15.2 Å². The Bertz CT molecular complexity index is 1090. The van der Waals surface area contributed by atoms with Crippen molar-refractivity contribution in [1.29, 1.82) is 0 Å². The molecule has 3 aromatic carbocycles. The summed E-state index contributed by atoms with van der Waals surface area (Å²) in [5.74, 6) is 0.703. The normalized spacial score (nSPS) is 10.8. The first kappa shape index (κ1) is 19.7. The van der Waals surface area contributed by atoms with Crippen molar-refractivity contribution in [1.82, 2.24) is 15.1 Å². The average Bonchev–Trinajstić information content (AvgIpc) is 3.22. The number of hydrogen-bond donors (Lipinski definition) is 2. The van der Waals surface area contributed by atoms with E-state index in [2.05, 4.69) is 23.6 Å². The second-order valence-electron chi connectivity index (χ2n) is 6.95. The zero-order chi connectivity index (χ0) is 20.8. The van der Waals surface area contributed by atoms with Gasteiger partial charge in [-0.1, -0.05) is 60.7 Å². The van der Waals surface area contributed by atoms with E-state index in [0.29, 0.717) is 25.4 Å². The monoisotopic (exact) mass is 399 g/mol. The molecule has 0 spiro atoms. The van der Waals surface area contributed by atoms with Crippen LogP contribution in [0, 0.1) is 0 Å². The second kappa shape index (κ2) is 9.29. The SMILES string of the molecule is CCOc1cccc(CNCc2cn(-c3ccccc3)nc2-c2ccccc2)c1O. The fourth-order valence-corrected chi connectivity index (χ4v) is 3.41. The van der Waals surface area contributed by atoms with Crippen LogP contribution in [0.1, 0.15) is 18.1 Å². The summed E-state index contributed by atoms with van der Waals surface area (Å²) in [6.45, 7) is 3.57. The van der Waals surface area contributed by atoms with Gasteiger partial charge in [-0.15, -0.1) is 0 Å². The van der Waals surface area contributed by atoms with Gasteiger partial charge in [0.2, 0.25) is 0 Å². The Hall–Kier alpha value is -3.57. The maximum absolute atomic E-state index is 10.4. The highest BCUT2D eigenvalue weighted by Gasteiger charge is 2.13. The van der Waals surface area contributed by atoms with Crippen molar-refractivity contribution in [3.8, 4) is 28.4 Å². The van der Waals surface area contributed by atoms with Gasteiger partial charge in [0, 0.05) is 36.0 Å². The molecule has 0 atom stereocenters. The molecule has 5 nitrogen and oxygen atoms in total. The maximum atomic E-state index is 10.4. The van der Waals surface area contributed by atoms with E-state index in [0.717, 1.165) is 28.1 Å². The van der Waals surface area contributed by atoms with Crippen LogP contribution in [0.4, 0.5) is 0 Å². The molecule has 0 saturated carbocycles. The topological polar surface area (TPSA) is 59.3 Å². The molecule has 0 aliphatic rings. The number of phenolic OH excluding ortho intramolecular Hbond substituents is 1. The molecule has 1 heterocycles. The number of para-hydroxylation sites is 2. The molecule has 0 aliphatic heterocycles. The van der Waals surface area contributed by atoms with Crippen LogP contribution in [0.2, 0.25) is 0 Å². The van der Waals surface area contributed by atoms with E-state index < -0.39 is 0 Å². The van der Waals surface area contributed by atoms with Crippen molar-refractivity contribution in [2.45, 2.75) is 20.0 Å². The fraction of sp³-hybridized carbons (Fsp3) is 0.160. The highest BCUT2D eigenvalue weighted by molar-refractivity contribution is 5.63. The molecule has 4 aromatic rings. The molecular weight excluding hydrogens is 374 g/mol. The van der Waals surface area contributed by atoms with E-state index in [1.54, 1.807) is 6.07 Å². The Kier molecular flexibility index (Phi) is 6.11. The quantitative estimate of drug-likeness (QED) is 0.441. The van der Waals surface area contributed by atoms with Crippen molar-refractivity contribution in [3.05, 3.63) is 96.2 Å². The minimum absolute atomic E-state index is 0.190. The number of phenols is 1. The minimum Gasteiger partial charge on any atom is -0.504 e. The number of ether oxygens (including phenoxy) is 1. The Morgan fingerprint density at radius 3 is 2.30 bits per heavy atom. The largest absolute Gasteiger partial charge is 0.504 e. The maximum Gasteiger partial charge on any atom is 0.162 e. The predicted octanol–water partition coefficient (Wildman–Crippen LogP) is 4.93. The minimum atomic E-state index is 0.190. The third kappa shape index (κ3) is 4.36. The van der Waals surface area contributed by atoms with Crippen LogP contribution in [-0.2, 0) is 13.1 Å². The molecule has 0 fully saturated rings. The third-order valence-electron chi connectivity index (χ3n) is 4.87. The third-order valence-corrected chi connectivity index (χ3v) is 4.87. The van der Waals surface area contributed by atoms with E-state index in [9.17, 15) is 5.11 Å². The first-order valence-corrected chi connectivity index (χ1v) is 10.1. The van der Waals surface area contributed by atoms with Crippen LogP contribution in [0.5, 0.6) is 11.5 Å². The molecule has 0 saturated heterocycles. The van der Waals surface area contributed by atoms with E-state index in [1.165, 1.54) is 0 Å². The number of aromatic nitrogens is 2. The van der Waals surface area contributed by atoms with Crippen molar-refractivity contribution in [2.24, 2.45) is 0 Å². The molecule has 0 unspecified atom stereocenters. The smallest absolute Gasteiger partial charge is 0.162 e. The molecule has 0 radical (unpaired) electrons. The van der Waals surface area contributed by atoms with E-state index in [4.69, 9.17) is 9.84 Å². The van der Waals surface area contributed by atoms with Gasteiger partial charge in [0.1, 0.15) is 0 Å². The second-order valence-corrected chi connectivity index (χ2v) is 6.95. The van der Waals surface area contributed by atoms with E-state index >= 15 is 0 Å². The van der Waals surface area contributed by atoms with Gasteiger partial charge in [0.15, 0.2) is 11.5 Å². The summed E-state index contributed by atoms with van der Waals surface area (Å²) in [6.07, 6.45) is 2.06. The molecule has 152 valence electrons. The van der Waals surface area contributed by atoms with Gasteiger partial charge in [0.05, 0.1) is 18.0 Å². The predicted molar refractivity (Wildman–Crippen MR) is 119 cm³/mol. The Morgan fingerprint density at radius 1 is 0.867 bits per heavy atom. The van der Waals surface area contributed by atoms with Crippen molar-refractivity contribution in [3.63, 3.8) is 0 Å². The number of aromatic hydroxyl groups is 1. The molecule has 0 amide bonds. The van der Waals surface area contributed by atoms with Crippen molar-refractivity contribution in [2.75, 3.05) is 6.61 Å². The van der Waals surface area contributed by atoms with E-state index in [-0.39, 0.29) is 5.75 Å². The lowest BCUT2D eigenvalue weighted by atomic mass is 10.1. The van der Waals surface area contributed by atoms with Crippen LogP contribution in [0.3, 0.4) is 0 Å². The lowest BCUT2D eigenvalue weighted by Gasteiger charge is -2.11. The first-order valence-electron chi connectivity index (χ1n) is 10.1. The fourth-order valence-electron chi connectivity index (χ4n) is 3.41. The molecular formula is C25H25N3O2.